The maximum Gasteiger partial charge on any atom is 0.315 e. The van der Waals surface area contributed by atoms with Crippen molar-refractivity contribution in [3.05, 3.63) is 35.9 Å². The van der Waals surface area contributed by atoms with Crippen LogP contribution >= 0.6 is 0 Å². The highest BCUT2D eigenvalue weighted by molar-refractivity contribution is 5.79. The molecule has 0 unspecified atom stereocenters. The first-order valence-corrected chi connectivity index (χ1v) is 8.41. The van der Waals surface area contributed by atoms with E-state index < -0.39 is 12.3 Å². The summed E-state index contributed by atoms with van der Waals surface area (Å²) >= 11 is 0. The molecule has 0 bridgehead atoms. The van der Waals surface area contributed by atoms with Gasteiger partial charge in [0, 0.05) is 19.6 Å². The Morgan fingerprint density at radius 2 is 1.57 bits per heavy atom. The van der Waals surface area contributed by atoms with E-state index in [1.165, 1.54) is 10.5 Å². The van der Waals surface area contributed by atoms with Gasteiger partial charge in [0.05, 0.1) is 0 Å². The van der Waals surface area contributed by atoms with Crippen molar-refractivity contribution in [2.45, 2.75) is 38.7 Å². The molecule has 0 aliphatic carbocycles. The number of nitrogens with zero attached hydrogens (tertiary/aromatic N) is 2. The average Bonchev–Trinajstić information content (AvgIpc) is 2.58. The molecular formula is C18H24F2N2O. The van der Waals surface area contributed by atoms with Gasteiger partial charge in [0.15, 0.2) is 0 Å². The molecule has 0 atom stereocenters. The lowest BCUT2D eigenvalue weighted by Gasteiger charge is -2.46. The van der Waals surface area contributed by atoms with Crippen LogP contribution in [0.4, 0.5) is 8.78 Å². The van der Waals surface area contributed by atoms with E-state index in [1.54, 1.807) is 0 Å². The molecule has 23 heavy (non-hydrogen) atoms. The molecule has 2 fully saturated rings. The van der Waals surface area contributed by atoms with Crippen LogP contribution in [-0.4, -0.2) is 48.3 Å². The van der Waals surface area contributed by atoms with Gasteiger partial charge in [-0.25, -0.2) is 0 Å². The topological polar surface area (TPSA) is 23.6 Å². The van der Waals surface area contributed by atoms with Crippen LogP contribution in [0.15, 0.2) is 30.3 Å². The highest BCUT2D eigenvalue weighted by Gasteiger charge is 2.39. The van der Waals surface area contributed by atoms with E-state index in [0.29, 0.717) is 13.1 Å². The molecule has 126 valence electrons. The summed E-state index contributed by atoms with van der Waals surface area (Å²) in [5.41, 5.74) is 1.59. The molecule has 2 aliphatic heterocycles. The molecule has 1 amide bonds. The number of amides is 1. The fraction of sp³-hybridized carbons (Fsp3) is 0.611. The van der Waals surface area contributed by atoms with Gasteiger partial charge in [0.25, 0.3) is 5.91 Å². The predicted molar refractivity (Wildman–Crippen MR) is 85.2 cm³/mol. The number of hydrogen-bond acceptors (Lipinski definition) is 2. The van der Waals surface area contributed by atoms with Crippen LogP contribution in [0.1, 0.15) is 31.2 Å². The number of carbonyl (C=O) groups excluding carboxylic acids is 1. The molecule has 0 saturated carbocycles. The second-order valence-corrected chi connectivity index (χ2v) is 6.89. The zero-order valence-corrected chi connectivity index (χ0v) is 13.4. The van der Waals surface area contributed by atoms with Gasteiger partial charge in [0.2, 0.25) is 0 Å². The minimum atomic E-state index is -2.86. The standard InChI is InChI=1S/C18H24F2N2O/c19-16(20)17(23)22-12-8-18(9-13-22)6-10-21(11-7-18)14-15-4-2-1-3-5-15/h1-5,16H,6-14H2. The minimum Gasteiger partial charge on any atom is -0.338 e. The molecule has 2 saturated heterocycles. The lowest BCUT2D eigenvalue weighted by Crippen LogP contribution is -2.49. The number of carbonyl (C=O) groups is 1. The van der Waals surface area contributed by atoms with Gasteiger partial charge in [-0.15, -0.1) is 0 Å². The van der Waals surface area contributed by atoms with Gasteiger partial charge in [-0.1, -0.05) is 30.3 Å². The Hall–Kier alpha value is -1.49. The largest absolute Gasteiger partial charge is 0.338 e. The summed E-state index contributed by atoms with van der Waals surface area (Å²) in [5.74, 6) is -0.999. The molecule has 0 aromatic heterocycles. The van der Waals surface area contributed by atoms with Crippen LogP contribution in [0.5, 0.6) is 0 Å². The molecule has 0 radical (unpaired) electrons. The Bertz CT molecular complexity index is 517. The van der Waals surface area contributed by atoms with Crippen molar-refractivity contribution in [2.75, 3.05) is 26.2 Å². The first-order chi connectivity index (χ1) is 11.1. The van der Waals surface area contributed by atoms with Crippen molar-refractivity contribution in [2.24, 2.45) is 5.41 Å². The molecule has 1 aromatic carbocycles. The highest BCUT2D eigenvalue weighted by Crippen LogP contribution is 2.41. The summed E-state index contributed by atoms with van der Waals surface area (Å²) in [4.78, 5) is 15.2. The smallest absolute Gasteiger partial charge is 0.315 e. The van der Waals surface area contributed by atoms with Gasteiger partial charge in [-0.2, -0.15) is 8.78 Å². The molecule has 2 heterocycles. The number of piperidine rings is 2. The number of hydrogen-bond donors (Lipinski definition) is 0. The van der Waals surface area contributed by atoms with Crippen LogP contribution in [0.25, 0.3) is 0 Å². The summed E-state index contributed by atoms with van der Waals surface area (Å²) in [6.07, 6.45) is 1.08. The van der Waals surface area contributed by atoms with Crippen LogP contribution in [0.3, 0.4) is 0 Å². The normalized spacial score (nSPS) is 21.8. The Labute approximate surface area is 136 Å². The Kier molecular flexibility index (Phi) is 4.95. The lowest BCUT2D eigenvalue weighted by molar-refractivity contribution is -0.145. The van der Waals surface area contributed by atoms with Crippen molar-refractivity contribution in [1.82, 2.24) is 9.80 Å². The average molecular weight is 322 g/mol. The van der Waals surface area contributed by atoms with Gasteiger partial charge in [-0.05, 0) is 49.8 Å². The Morgan fingerprint density at radius 3 is 2.13 bits per heavy atom. The van der Waals surface area contributed by atoms with E-state index in [1.807, 2.05) is 6.07 Å². The maximum atomic E-state index is 12.5. The first-order valence-electron chi connectivity index (χ1n) is 8.41. The SMILES string of the molecule is O=C(C(F)F)N1CCC2(CCN(Cc3ccccc3)CC2)CC1. The molecule has 2 aliphatic rings. The fourth-order valence-corrected chi connectivity index (χ4v) is 3.87. The van der Waals surface area contributed by atoms with Crippen LogP contribution in [-0.2, 0) is 11.3 Å². The number of benzene rings is 1. The van der Waals surface area contributed by atoms with Gasteiger partial charge in [-0.3, -0.25) is 9.69 Å². The predicted octanol–water partition coefficient (Wildman–Crippen LogP) is 3.16. The van der Waals surface area contributed by atoms with E-state index in [-0.39, 0.29) is 5.41 Å². The number of likely N-dealkylation sites (tertiary alicyclic amines) is 2. The second-order valence-electron chi connectivity index (χ2n) is 6.89. The van der Waals surface area contributed by atoms with Crippen molar-refractivity contribution >= 4 is 5.91 Å². The first kappa shape index (κ1) is 16.4. The molecule has 1 aromatic rings. The molecule has 3 nitrogen and oxygen atoms in total. The van der Waals surface area contributed by atoms with E-state index in [0.717, 1.165) is 45.3 Å². The van der Waals surface area contributed by atoms with Crippen LogP contribution in [0, 0.1) is 5.41 Å². The van der Waals surface area contributed by atoms with Crippen molar-refractivity contribution in [3.8, 4) is 0 Å². The lowest BCUT2D eigenvalue weighted by atomic mass is 9.71. The highest BCUT2D eigenvalue weighted by atomic mass is 19.3. The zero-order chi connectivity index (χ0) is 16.3. The summed E-state index contributed by atoms with van der Waals surface area (Å²) in [5, 5.41) is 0. The van der Waals surface area contributed by atoms with E-state index in [2.05, 4.69) is 29.2 Å². The monoisotopic (exact) mass is 322 g/mol. The zero-order valence-electron chi connectivity index (χ0n) is 13.4. The summed E-state index contributed by atoms with van der Waals surface area (Å²) in [7, 11) is 0. The van der Waals surface area contributed by atoms with Crippen molar-refractivity contribution < 1.29 is 13.6 Å². The van der Waals surface area contributed by atoms with Crippen molar-refractivity contribution in [3.63, 3.8) is 0 Å². The van der Waals surface area contributed by atoms with E-state index in [9.17, 15) is 13.6 Å². The third-order valence-electron chi connectivity index (χ3n) is 5.49. The summed E-state index contributed by atoms with van der Waals surface area (Å²) < 4.78 is 25.0. The van der Waals surface area contributed by atoms with E-state index in [4.69, 9.17) is 0 Å². The minimum absolute atomic E-state index is 0.256. The quantitative estimate of drug-likeness (QED) is 0.853. The Balaban J connectivity index is 1.49. The molecular weight excluding hydrogens is 298 g/mol. The van der Waals surface area contributed by atoms with Gasteiger partial charge < -0.3 is 4.90 Å². The van der Waals surface area contributed by atoms with Gasteiger partial charge >= 0.3 is 6.43 Å². The van der Waals surface area contributed by atoms with Crippen LogP contribution in [0.2, 0.25) is 0 Å². The third-order valence-corrected chi connectivity index (χ3v) is 5.49. The number of alkyl halides is 2. The molecule has 1 spiro atoms. The maximum absolute atomic E-state index is 12.5. The van der Waals surface area contributed by atoms with E-state index >= 15 is 0 Å². The van der Waals surface area contributed by atoms with Gasteiger partial charge in [0.1, 0.15) is 0 Å². The molecule has 3 rings (SSSR count). The second kappa shape index (κ2) is 6.95. The molecule has 0 N–H and O–H groups in total. The van der Waals surface area contributed by atoms with Crippen LogP contribution < -0.4 is 0 Å². The fourth-order valence-electron chi connectivity index (χ4n) is 3.87. The number of rotatable bonds is 3. The summed E-state index contributed by atoms with van der Waals surface area (Å²) in [6.45, 7) is 4.06. The van der Waals surface area contributed by atoms with Crippen molar-refractivity contribution in [1.29, 1.82) is 0 Å². The molecule has 5 heteroatoms. The third kappa shape index (κ3) is 3.89. The number of halogens is 2. The Morgan fingerprint density at radius 1 is 1.00 bits per heavy atom. The summed E-state index contributed by atoms with van der Waals surface area (Å²) in [6, 6.07) is 10.5.